The highest BCUT2D eigenvalue weighted by molar-refractivity contribution is 9.10. The molecule has 11 heteroatoms. The van der Waals surface area contributed by atoms with Gasteiger partial charge in [-0.3, -0.25) is 14.3 Å². The first kappa shape index (κ1) is 24.3. The number of rotatable bonds is 5. The zero-order chi connectivity index (χ0) is 25.3. The second kappa shape index (κ2) is 9.79. The van der Waals surface area contributed by atoms with Crippen LogP contribution >= 0.6 is 15.9 Å². The molecule has 0 spiro atoms. The second-order valence-corrected chi connectivity index (χ2v) is 8.89. The van der Waals surface area contributed by atoms with Crippen LogP contribution in [0.15, 0.2) is 58.3 Å². The minimum absolute atomic E-state index is 0.0982. The summed E-state index contributed by atoms with van der Waals surface area (Å²) < 4.78 is 29.7. The molecule has 35 heavy (non-hydrogen) atoms. The summed E-state index contributed by atoms with van der Waals surface area (Å²) in [4.78, 5) is 33.9. The normalized spacial score (nSPS) is 11.1. The van der Waals surface area contributed by atoms with E-state index in [2.05, 4.69) is 41.8 Å². The molecule has 0 fully saturated rings. The maximum atomic E-state index is 14.7. The highest BCUT2D eigenvalue weighted by Gasteiger charge is 2.19. The molecule has 0 unspecified atom stereocenters. The van der Waals surface area contributed by atoms with E-state index in [0.29, 0.717) is 21.5 Å². The van der Waals surface area contributed by atoms with Crippen LogP contribution in [-0.2, 0) is 0 Å². The van der Waals surface area contributed by atoms with Crippen LogP contribution in [0.2, 0.25) is 0 Å². The fraction of sp³-hybridized carbons (Fsp3) is 0.167. The van der Waals surface area contributed by atoms with Crippen molar-refractivity contribution < 1.29 is 13.6 Å². The summed E-state index contributed by atoms with van der Waals surface area (Å²) in [5.74, 6) is -0.836. The molecule has 4 aromatic rings. The lowest BCUT2D eigenvalue weighted by molar-refractivity contribution is 0.262. The summed E-state index contributed by atoms with van der Waals surface area (Å²) in [7, 11) is 1.75. The summed E-state index contributed by atoms with van der Waals surface area (Å²) in [6.45, 7) is 3.83. The Labute approximate surface area is 207 Å². The second-order valence-electron chi connectivity index (χ2n) is 8.03. The Morgan fingerprint density at radius 1 is 1.09 bits per heavy atom. The maximum Gasteiger partial charge on any atom is 0.323 e. The van der Waals surface area contributed by atoms with Crippen molar-refractivity contribution in [2.45, 2.75) is 19.8 Å². The number of pyridine rings is 3. The van der Waals surface area contributed by atoms with Crippen molar-refractivity contribution in [3.8, 4) is 5.69 Å². The van der Waals surface area contributed by atoms with E-state index in [0.717, 1.165) is 29.1 Å². The van der Waals surface area contributed by atoms with Crippen molar-refractivity contribution in [3.63, 3.8) is 0 Å². The molecule has 0 bridgehead atoms. The SMILES string of the molecule is CNc1cc2c(C(C)C)c(=O)n(-c3cc(NC(=O)Nc4cncc(F)c4)c(F)cc3Br)cc2cn1. The molecule has 4 rings (SSSR count). The molecule has 3 heterocycles. The predicted octanol–water partition coefficient (Wildman–Crippen LogP) is 5.63. The van der Waals surface area contributed by atoms with Gasteiger partial charge in [-0.15, -0.1) is 0 Å². The van der Waals surface area contributed by atoms with Crippen molar-refractivity contribution in [2.75, 3.05) is 23.0 Å². The number of halogens is 3. The first-order chi connectivity index (χ1) is 16.7. The lowest BCUT2D eigenvalue weighted by atomic mass is 9.99. The number of anilines is 3. The summed E-state index contributed by atoms with van der Waals surface area (Å²) in [6.07, 6.45) is 5.52. The molecule has 0 atom stereocenters. The lowest BCUT2D eigenvalue weighted by Crippen LogP contribution is -2.24. The summed E-state index contributed by atoms with van der Waals surface area (Å²) >= 11 is 3.33. The number of hydrogen-bond donors (Lipinski definition) is 3. The molecule has 3 aromatic heterocycles. The molecule has 0 radical (unpaired) electrons. The van der Waals surface area contributed by atoms with E-state index in [4.69, 9.17) is 0 Å². The molecule has 0 saturated heterocycles. The topological polar surface area (TPSA) is 101 Å². The lowest BCUT2D eigenvalue weighted by Gasteiger charge is -2.17. The molecule has 0 aliphatic carbocycles. The van der Waals surface area contributed by atoms with E-state index >= 15 is 0 Å². The molecule has 2 amide bonds. The highest BCUT2D eigenvalue weighted by Crippen LogP contribution is 2.30. The third-order valence-electron chi connectivity index (χ3n) is 5.28. The summed E-state index contributed by atoms with van der Waals surface area (Å²) in [5.41, 5.74) is 0.534. The van der Waals surface area contributed by atoms with Crippen molar-refractivity contribution in [1.82, 2.24) is 14.5 Å². The van der Waals surface area contributed by atoms with E-state index in [1.54, 1.807) is 19.4 Å². The summed E-state index contributed by atoms with van der Waals surface area (Å²) in [5, 5.41) is 9.24. The smallest absolute Gasteiger partial charge is 0.323 e. The first-order valence-electron chi connectivity index (χ1n) is 10.6. The van der Waals surface area contributed by atoms with Gasteiger partial charge in [0, 0.05) is 40.9 Å². The van der Waals surface area contributed by atoms with E-state index in [-0.39, 0.29) is 22.9 Å². The maximum absolute atomic E-state index is 14.7. The van der Waals surface area contributed by atoms with E-state index in [9.17, 15) is 18.4 Å². The Kier molecular flexibility index (Phi) is 6.79. The Morgan fingerprint density at radius 2 is 1.86 bits per heavy atom. The Hall–Kier alpha value is -3.86. The number of amides is 2. The summed E-state index contributed by atoms with van der Waals surface area (Å²) in [6, 6.07) is 4.58. The zero-order valence-corrected chi connectivity index (χ0v) is 20.6. The fourth-order valence-corrected chi connectivity index (χ4v) is 4.21. The Bertz CT molecular complexity index is 1510. The van der Waals surface area contributed by atoms with Crippen molar-refractivity contribution >= 4 is 49.9 Å². The zero-order valence-electron chi connectivity index (χ0n) is 19.0. The van der Waals surface area contributed by atoms with Crippen molar-refractivity contribution in [2.24, 2.45) is 0 Å². The van der Waals surface area contributed by atoms with Gasteiger partial charge >= 0.3 is 6.03 Å². The number of nitrogens with one attached hydrogen (secondary N) is 3. The van der Waals surface area contributed by atoms with Gasteiger partial charge in [0.1, 0.15) is 17.5 Å². The third-order valence-corrected chi connectivity index (χ3v) is 5.92. The number of carbonyl (C=O) groups excluding carboxylic acids is 1. The van der Waals surface area contributed by atoms with Gasteiger partial charge in [0.05, 0.1) is 29.5 Å². The van der Waals surface area contributed by atoms with Crippen molar-refractivity contribution in [1.29, 1.82) is 0 Å². The van der Waals surface area contributed by atoms with Crippen molar-refractivity contribution in [3.05, 3.63) is 81.1 Å². The standard InChI is InChI=1S/C24H21BrF2N6O2/c1-12(2)22-16-5-21(28-3)30-8-13(16)11-33(23(22)34)20-7-19(18(27)6-17(20)25)32-24(35)31-15-4-14(26)9-29-10-15/h4-12,28H,1-3H3,(H2,31,32,35). The number of nitrogens with zero attached hydrogens (tertiary/aromatic N) is 3. The van der Waals surface area contributed by atoms with Gasteiger partial charge in [0.25, 0.3) is 5.56 Å². The van der Waals surface area contributed by atoms with Gasteiger partial charge in [-0.05, 0) is 45.4 Å². The molecule has 0 saturated carbocycles. The van der Waals surface area contributed by atoms with E-state index in [1.165, 1.54) is 16.8 Å². The molecule has 1 aromatic carbocycles. The van der Waals surface area contributed by atoms with Crippen LogP contribution in [-0.4, -0.2) is 27.6 Å². The number of benzene rings is 1. The molecule has 8 nitrogen and oxygen atoms in total. The van der Waals surface area contributed by atoms with Crippen LogP contribution in [0.3, 0.4) is 0 Å². The number of carbonyl (C=O) groups is 1. The average Bonchev–Trinajstić information content (AvgIpc) is 2.80. The number of fused-ring (bicyclic) bond motifs is 1. The monoisotopic (exact) mass is 542 g/mol. The van der Waals surface area contributed by atoms with Crippen LogP contribution in [0.25, 0.3) is 16.5 Å². The van der Waals surface area contributed by atoms with E-state index in [1.807, 2.05) is 19.9 Å². The minimum Gasteiger partial charge on any atom is -0.373 e. The number of hydrogen-bond acceptors (Lipinski definition) is 5. The molecular weight excluding hydrogens is 522 g/mol. The van der Waals surface area contributed by atoms with Crippen LogP contribution in [0.5, 0.6) is 0 Å². The van der Waals surface area contributed by atoms with E-state index < -0.39 is 17.7 Å². The molecular formula is C24H21BrF2N6O2. The molecule has 180 valence electrons. The van der Waals surface area contributed by atoms with Crippen LogP contribution in [0, 0.1) is 11.6 Å². The largest absolute Gasteiger partial charge is 0.373 e. The Morgan fingerprint density at radius 3 is 2.54 bits per heavy atom. The average molecular weight is 543 g/mol. The van der Waals surface area contributed by atoms with Gasteiger partial charge in [0.15, 0.2) is 0 Å². The highest BCUT2D eigenvalue weighted by atomic mass is 79.9. The van der Waals surface area contributed by atoms with Gasteiger partial charge in [-0.1, -0.05) is 13.8 Å². The predicted molar refractivity (Wildman–Crippen MR) is 135 cm³/mol. The number of urea groups is 1. The first-order valence-corrected chi connectivity index (χ1v) is 11.4. The third kappa shape index (κ3) is 4.99. The minimum atomic E-state index is -0.804. The molecule has 0 aliphatic heterocycles. The fourth-order valence-electron chi connectivity index (χ4n) is 3.70. The number of aromatic nitrogens is 3. The van der Waals surface area contributed by atoms with Crippen LogP contribution in [0.4, 0.5) is 30.8 Å². The van der Waals surface area contributed by atoms with Crippen LogP contribution < -0.4 is 21.5 Å². The van der Waals surface area contributed by atoms with Crippen LogP contribution in [0.1, 0.15) is 25.3 Å². The molecule has 0 aliphatic rings. The Balaban J connectivity index is 1.78. The van der Waals surface area contributed by atoms with Gasteiger partial charge in [-0.2, -0.15) is 0 Å². The van der Waals surface area contributed by atoms with Gasteiger partial charge in [-0.25, -0.2) is 18.6 Å². The quantitative estimate of drug-likeness (QED) is 0.303. The van der Waals surface area contributed by atoms with Gasteiger partial charge in [0.2, 0.25) is 0 Å². The molecule has 3 N–H and O–H groups in total. The van der Waals surface area contributed by atoms with Gasteiger partial charge < -0.3 is 16.0 Å².